The molecule has 3 N–H and O–H groups in total. The first-order valence-corrected chi connectivity index (χ1v) is 6.11. The number of carbonyl (C=O) groups is 1. The lowest BCUT2D eigenvalue weighted by molar-refractivity contribution is 0.166. The third-order valence-electron chi connectivity index (χ3n) is 3.14. The summed E-state index contributed by atoms with van der Waals surface area (Å²) in [6, 6.07) is 7.87. The summed E-state index contributed by atoms with van der Waals surface area (Å²) in [6.07, 6.45) is 1.84. The van der Waals surface area contributed by atoms with Crippen LogP contribution in [0.15, 0.2) is 24.3 Å². The molecule has 1 aromatic rings. The summed E-state index contributed by atoms with van der Waals surface area (Å²) in [5.74, 6) is 0. The van der Waals surface area contributed by atoms with Gasteiger partial charge < -0.3 is 10.6 Å². The predicted molar refractivity (Wildman–Crippen MR) is 67.5 cm³/mol. The van der Waals surface area contributed by atoms with Crippen molar-refractivity contribution in [1.29, 1.82) is 0 Å². The molecule has 4 heteroatoms. The van der Waals surface area contributed by atoms with Gasteiger partial charge in [0.05, 0.1) is 0 Å². The first-order valence-electron chi connectivity index (χ1n) is 6.11. The van der Waals surface area contributed by atoms with Crippen LogP contribution < -0.4 is 11.1 Å². The SMILES string of the molecule is CCCN(C(N)=O)C1NCCc2ccccc21. The average molecular weight is 233 g/mol. The van der Waals surface area contributed by atoms with E-state index < -0.39 is 0 Å². The lowest BCUT2D eigenvalue weighted by atomic mass is 9.98. The van der Waals surface area contributed by atoms with Gasteiger partial charge in [-0.3, -0.25) is 5.32 Å². The Kier molecular flexibility index (Phi) is 3.64. The maximum Gasteiger partial charge on any atom is 0.316 e. The minimum atomic E-state index is -0.360. The molecule has 1 aromatic carbocycles. The van der Waals surface area contributed by atoms with Gasteiger partial charge in [-0.1, -0.05) is 31.2 Å². The molecular formula is C13H19N3O. The van der Waals surface area contributed by atoms with Gasteiger partial charge in [0.1, 0.15) is 6.17 Å². The highest BCUT2D eigenvalue weighted by Crippen LogP contribution is 2.25. The number of hydrogen-bond donors (Lipinski definition) is 2. The predicted octanol–water partition coefficient (Wildman–Crippen LogP) is 1.62. The van der Waals surface area contributed by atoms with Crippen LogP contribution in [-0.2, 0) is 6.42 Å². The van der Waals surface area contributed by atoms with Gasteiger partial charge in [-0.2, -0.15) is 0 Å². The van der Waals surface area contributed by atoms with Crippen molar-refractivity contribution in [2.24, 2.45) is 5.73 Å². The molecule has 1 aliphatic heterocycles. The molecule has 0 aromatic heterocycles. The zero-order valence-electron chi connectivity index (χ0n) is 10.1. The number of hydrogen-bond acceptors (Lipinski definition) is 2. The molecule has 0 saturated carbocycles. The van der Waals surface area contributed by atoms with E-state index in [2.05, 4.69) is 17.4 Å². The molecule has 2 amide bonds. The Balaban J connectivity index is 2.30. The highest BCUT2D eigenvalue weighted by molar-refractivity contribution is 5.72. The number of fused-ring (bicyclic) bond motifs is 1. The second-order valence-corrected chi connectivity index (χ2v) is 4.34. The first kappa shape index (κ1) is 11.9. The Bertz CT molecular complexity index is 405. The van der Waals surface area contributed by atoms with E-state index in [1.54, 1.807) is 4.90 Å². The smallest absolute Gasteiger partial charge is 0.316 e. The number of primary amides is 1. The fourth-order valence-electron chi connectivity index (χ4n) is 2.37. The summed E-state index contributed by atoms with van der Waals surface area (Å²) >= 11 is 0. The van der Waals surface area contributed by atoms with Crippen LogP contribution >= 0.6 is 0 Å². The molecule has 1 aliphatic rings. The van der Waals surface area contributed by atoms with E-state index in [0.717, 1.165) is 19.4 Å². The van der Waals surface area contributed by atoms with E-state index in [1.165, 1.54) is 11.1 Å². The summed E-state index contributed by atoms with van der Waals surface area (Å²) in [7, 11) is 0. The fraction of sp³-hybridized carbons (Fsp3) is 0.462. The summed E-state index contributed by atoms with van der Waals surface area (Å²) in [5, 5.41) is 3.37. The fourth-order valence-corrected chi connectivity index (χ4v) is 2.37. The van der Waals surface area contributed by atoms with Gasteiger partial charge in [0.25, 0.3) is 0 Å². The standard InChI is InChI=1S/C13H19N3O/c1-2-9-16(13(14)17)12-11-6-4-3-5-10(11)7-8-15-12/h3-6,12,15H,2,7-9H2,1H3,(H2,14,17). The van der Waals surface area contributed by atoms with Gasteiger partial charge in [-0.05, 0) is 24.0 Å². The third kappa shape index (κ3) is 2.42. The molecule has 0 radical (unpaired) electrons. The maximum absolute atomic E-state index is 11.5. The zero-order chi connectivity index (χ0) is 12.3. The van der Waals surface area contributed by atoms with E-state index in [1.807, 2.05) is 19.1 Å². The Morgan fingerprint density at radius 2 is 2.29 bits per heavy atom. The number of amides is 2. The largest absolute Gasteiger partial charge is 0.351 e. The maximum atomic E-state index is 11.5. The van der Waals surface area contributed by atoms with Crippen LogP contribution in [-0.4, -0.2) is 24.0 Å². The number of carbonyl (C=O) groups excluding carboxylic acids is 1. The summed E-state index contributed by atoms with van der Waals surface area (Å²) in [5.41, 5.74) is 7.93. The van der Waals surface area contributed by atoms with Crippen LogP contribution in [0.5, 0.6) is 0 Å². The molecule has 0 spiro atoms. The van der Waals surface area contributed by atoms with E-state index in [4.69, 9.17) is 5.73 Å². The van der Waals surface area contributed by atoms with Crippen molar-refractivity contribution in [3.8, 4) is 0 Å². The van der Waals surface area contributed by atoms with Crippen molar-refractivity contribution in [1.82, 2.24) is 10.2 Å². The summed E-state index contributed by atoms with van der Waals surface area (Å²) < 4.78 is 0. The Labute approximate surface area is 102 Å². The highest BCUT2D eigenvalue weighted by atomic mass is 16.2. The molecule has 0 aliphatic carbocycles. The molecule has 92 valence electrons. The van der Waals surface area contributed by atoms with Crippen LogP contribution in [0.25, 0.3) is 0 Å². The molecule has 4 nitrogen and oxygen atoms in total. The van der Waals surface area contributed by atoms with Crippen LogP contribution in [0.3, 0.4) is 0 Å². The van der Waals surface area contributed by atoms with Gasteiger partial charge in [0.15, 0.2) is 0 Å². The number of nitrogens with zero attached hydrogens (tertiary/aromatic N) is 1. The van der Waals surface area contributed by atoms with Gasteiger partial charge >= 0.3 is 6.03 Å². The van der Waals surface area contributed by atoms with Crippen LogP contribution in [0.2, 0.25) is 0 Å². The quantitative estimate of drug-likeness (QED) is 0.833. The Hall–Kier alpha value is -1.55. The van der Waals surface area contributed by atoms with E-state index in [9.17, 15) is 4.79 Å². The number of nitrogens with one attached hydrogen (secondary N) is 1. The molecule has 1 unspecified atom stereocenters. The van der Waals surface area contributed by atoms with Gasteiger partial charge in [0, 0.05) is 13.1 Å². The zero-order valence-corrected chi connectivity index (χ0v) is 10.1. The highest BCUT2D eigenvalue weighted by Gasteiger charge is 2.26. The van der Waals surface area contributed by atoms with Crippen molar-refractivity contribution < 1.29 is 4.79 Å². The molecule has 2 rings (SSSR count). The molecule has 0 bridgehead atoms. The van der Waals surface area contributed by atoms with Gasteiger partial charge in [0.2, 0.25) is 0 Å². The molecule has 0 saturated heterocycles. The third-order valence-corrected chi connectivity index (χ3v) is 3.14. The van der Waals surface area contributed by atoms with Gasteiger partial charge in [-0.15, -0.1) is 0 Å². The molecule has 0 fully saturated rings. The Morgan fingerprint density at radius 1 is 1.53 bits per heavy atom. The average Bonchev–Trinajstić information content (AvgIpc) is 2.35. The molecule has 1 heterocycles. The van der Waals surface area contributed by atoms with Crippen molar-refractivity contribution in [3.63, 3.8) is 0 Å². The van der Waals surface area contributed by atoms with E-state index in [0.29, 0.717) is 6.54 Å². The van der Waals surface area contributed by atoms with Crippen molar-refractivity contribution >= 4 is 6.03 Å². The molecule has 17 heavy (non-hydrogen) atoms. The summed E-state index contributed by atoms with van der Waals surface area (Å²) in [4.78, 5) is 13.2. The van der Waals surface area contributed by atoms with Gasteiger partial charge in [-0.25, -0.2) is 4.79 Å². The van der Waals surface area contributed by atoms with Crippen molar-refractivity contribution in [3.05, 3.63) is 35.4 Å². The first-order chi connectivity index (χ1) is 8.24. The minimum Gasteiger partial charge on any atom is -0.351 e. The lowest BCUT2D eigenvalue weighted by Crippen LogP contribution is -2.47. The van der Waals surface area contributed by atoms with Crippen molar-refractivity contribution in [2.45, 2.75) is 25.9 Å². The molecular weight excluding hydrogens is 214 g/mol. The monoisotopic (exact) mass is 233 g/mol. The van der Waals surface area contributed by atoms with Crippen LogP contribution in [0, 0.1) is 0 Å². The Morgan fingerprint density at radius 3 is 3.00 bits per heavy atom. The number of urea groups is 1. The minimum absolute atomic E-state index is 0.0719. The number of rotatable bonds is 3. The molecule has 1 atom stereocenters. The number of benzene rings is 1. The van der Waals surface area contributed by atoms with Crippen LogP contribution in [0.1, 0.15) is 30.6 Å². The normalized spacial score (nSPS) is 18.5. The second kappa shape index (κ2) is 5.19. The van der Waals surface area contributed by atoms with Crippen molar-refractivity contribution in [2.75, 3.05) is 13.1 Å². The lowest BCUT2D eigenvalue weighted by Gasteiger charge is -2.35. The van der Waals surface area contributed by atoms with Crippen LogP contribution in [0.4, 0.5) is 4.79 Å². The topological polar surface area (TPSA) is 58.4 Å². The summed E-state index contributed by atoms with van der Waals surface area (Å²) in [6.45, 7) is 3.61. The second-order valence-electron chi connectivity index (χ2n) is 4.34. The van der Waals surface area contributed by atoms with E-state index in [-0.39, 0.29) is 12.2 Å². The van der Waals surface area contributed by atoms with E-state index >= 15 is 0 Å². The number of nitrogens with two attached hydrogens (primary N) is 1.